The van der Waals surface area contributed by atoms with E-state index in [2.05, 4.69) is 41.8 Å². The van der Waals surface area contributed by atoms with Crippen LogP contribution in [0.1, 0.15) is 0 Å². The van der Waals surface area contributed by atoms with Gasteiger partial charge in [0.25, 0.3) is 0 Å². The lowest BCUT2D eigenvalue weighted by atomic mass is 10.2. The Labute approximate surface area is 142 Å². The van der Waals surface area contributed by atoms with Crippen molar-refractivity contribution in [2.24, 2.45) is 0 Å². The zero-order valence-electron chi connectivity index (χ0n) is 11.0. The van der Waals surface area contributed by atoms with Crippen molar-refractivity contribution in [2.45, 2.75) is 0 Å². The molecule has 0 atom stereocenters. The third kappa shape index (κ3) is 1.94. The van der Waals surface area contributed by atoms with Gasteiger partial charge in [-0.05, 0) is 35.0 Å². The van der Waals surface area contributed by atoms with Gasteiger partial charge in [-0.3, -0.25) is 0 Å². The third-order valence-corrected chi connectivity index (χ3v) is 4.66. The van der Waals surface area contributed by atoms with Crippen molar-refractivity contribution in [1.29, 1.82) is 0 Å². The number of H-pyrrole nitrogens is 2. The van der Waals surface area contributed by atoms with Crippen LogP contribution in [-0.4, -0.2) is 9.97 Å². The summed E-state index contributed by atoms with van der Waals surface area (Å²) >= 11 is 6.75. The van der Waals surface area contributed by atoms with Gasteiger partial charge >= 0.3 is 0 Å². The Hall–Kier alpha value is -1.92. The topological polar surface area (TPSA) is 77.7 Å². The fourth-order valence-electron chi connectivity index (χ4n) is 2.64. The summed E-state index contributed by atoms with van der Waals surface area (Å²) in [4.78, 5) is 6.10. The lowest BCUT2D eigenvalue weighted by molar-refractivity contribution is -0.268. The normalized spacial score (nSPS) is 11.5. The summed E-state index contributed by atoms with van der Waals surface area (Å²) in [5.41, 5.74) is 2.00. The van der Waals surface area contributed by atoms with Crippen LogP contribution in [0.3, 0.4) is 0 Å². The Morgan fingerprint density at radius 2 is 1.09 bits per heavy atom. The van der Waals surface area contributed by atoms with E-state index in [0.717, 1.165) is 8.95 Å². The number of halogens is 2. The summed E-state index contributed by atoms with van der Waals surface area (Å²) in [6.07, 6.45) is 0. The lowest BCUT2D eigenvalue weighted by Gasteiger charge is -2.11. The van der Waals surface area contributed by atoms with E-state index in [1.54, 1.807) is 12.1 Å². The first-order valence-corrected chi connectivity index (χ1v) is 8.10. The van der Waals surface area contributed by atoms with Crippen molar-refractivity contribution < 1.29 is 10.2 Å². The van der Waals surface area contributed by atoms with E-state index in [-0.39, 0.29) is 11.5 Å². The van der Waals surface area contributed by atoms with E-state index < -0.39 is 0 Å². The highest BCUT2D eigenvalue weighted by atomic mass is 79.9. The summed E-state index contributed by atoms with van der Waals surface area (Å²) in [5.74, 6) is -0.351. The zero-order chi connectivity index (χ0) is 15.4. The molecular weight excluding hydrogens is 412 g/mol. The van der Waals surface area contributed by atoms with Gasteiger partial charge in [0.1, 0.15) is 0 Å². The maximum absolute atomic E-state index is 12.5. The molecule has 0 saturated heterocycles. The van der Waals surface area contributed by atoms with E-state index in [0.29, 0.717) is 33.2 Å². The summed E-state index contributed by atoms with van der Waals surface area (Å²) in [5, 5.41) is 26.2. The molecule has 2 aromatic carbocycles. The summed E-state index contributed by atoms with van der Waals surface area (Å²) in [7, 11) is 0. The minimum Gasteiger partial charge on any atom is -0.871 e. The van der Waals surface area contributed by atoms with Crippen LogP contribution in [0.15, 0.2) is 45.3 Å². The Morgan fingerprint density at radius 3 is 1.50 bits per heavy atom. The average molecular weight is 420 g/mol. The van der Waals surface area contributed by atoms with Gasteiger partial charge in [0.2, 0.25) is 0 Å². The molecule has 22 heavy (non-hydrogen) atoms. The Kier molecular flexibility index (Phi) is 2.99. The van der Waals surface area contributed by atoms with Crippen molar-refractivity contribution >= 4 is 53.7 Å². The van der Waals surface area contributed by atoms with E-state index in [1.807, 2.05) is 24.3 Å². The highest BCUT2D eigenvalue weighted by molar-refractivity contribution is 9.10. The van der Waals surface area contributed by atoms with Gasteiger partial charge in [0, 0.05) is 20.0 Å². The number of aromatic amines is 2. The second-order valence-electron chi connectivity index (χ2n) is 5.04. The molecular formula is C16H8Br2N2O2-2. The zero-order valence-corrected chi connectivity index (χ0v) is 14.2. The molecule has 2 N–H and O–H groups in total. The highest BCUT2D eigenvalue weighted by Crippen LogP contribution is 2.40. The molecule has 110 valence electrons. The molecule has 0 amide bonds. The highest BCUT2D eigenvalue weighted by Gasteiger charge is 2.11. The number of nitrogens with one attached hydrogen (secondary N) is 2. The largest absolute Gasteiger partial charge is 0.871 e. The van der Waals surface area contributed by atoms with E-state index in [4.69, 9.17) is 0 Å². The molecule has 0 bridgehead atoms. The van der Waals surface area contributed by atoms with E-state index >= 15 is 0 Å². The van der Waals surface area contributed by atoms with Crippen LogP contribution in [0, 0.1) is 0 Å². The van der Waals surface area contributed by atoms with Crippen LogP contribution >= 0.6 is 31.9 Å². The van der Waals surface area contributed by atoms with Crippen molar-refractivity contribution in [3.05, 3.63) is 45.3 Å². The number of hydrogen-bond acceptors (Lipinski definition) is 2. The molecule has 4 rings (SSSR count). The monoisotopic (exact) mass is 418 g/mol. The first-order valence-electron chi connectivity index (χ1n) is 6.51. The first-order chi connectivity index (χ1) is 10.5. The van der Waals surface area contributed by atoms with Crippen molar-refractivity contribution in [3.63, 3.8) is 0 Å². The molecule has 2 aromatic heterocycles. The van der Waals surface area contributed by atoms with Crippen LogP contribution in [0.2, 0.25) is 0 Å². The fourth-order valence-corrected chi connectivity index (χ4v) is 3.36. The van der Waals surface area contributed by atoms with Crippen LogP contribution in [0.4, 0.5) is 0 Å². The molecule has 4 aromatic rings. The number of aromatic nitrogens is 2. The van der Waals surface area contributed by atoms with Crippen LogP contribution in [-0.2, 0) is 0 Å². The third-order valence-electron chi connectivity index (χ3n) is 3.68. The second kappa shape index (κ2) is 4.79. The molecule has 4 nitrogen and oxygen atoms in total. The SMILES string of the molecule is [O-]c1c(-c2[nH]c3cc(Br)ccc3c2[O-])[nH]c2cc(Br)ccc12. The summed E-state index contributed by atoms with van der Waals surface area (Å²) < 4.78 is 1.74. The molecule has 0 aliphatic rings. The standard InChI is InChI=1S/C16H10Br2N2O2/c17-7-1-3-9-11(5-7)19-13(15(9)21)14-16(22)10-4-2-8(18)6-12(10)20-14/h1-6,19-22H/p-2. The smallest absolute Gasteiger partial charge is 0.0544 e. The number of hydrogen-bond donors (Lipinski definition) is 2. The molecule has 0 spiro atoms. The predicted molar refractivity (Wildman–Crippen MR) is 89.9 cm³/mol. The van der Waals surface area contributed by atoms with Gasteiger partial charge in [-0.25, -0.2) is 0 Å². The predicted octanol–water partition coefficient (Wildman–Crippen LogP) is 3.99. The minimum atomic E-state index is -0.176. The van der Waals surface area contributed by atoms with E-state index in [9.17, 15) is 10.2 Å². The van der Waals surface area contributed by atoms with Gasteiger partial charge in [-0.2, -0.15) is 0 Å². The Balaban J connectivity index is 2.02. The molecule has 0 fully saturated rings. The van der Waals surface area contributed by atoms with Gasteiger partial charge < -0.3 is 20.2 Å². The Bertz CT molecular complexity index is 950. The maximum Gasteiger partial charge on any atom is 0.0544 e. The first kappa shape index (κ1) is 13.7. The number of rotatable bonds is 1. The molecule has 0 unspecified atom stereocenters. The van der Waals surface area contributed by atoms with Gasteiger partial charge in [-0.15, -0.1) is 0 Å². The van der Waals surface area contributed by atoms with Crippen LogP contribution in [0.5, 0.6) is 11.5 Å². The van der Waals surface area contributed by atoms with Gasteiger partial charge in [-0.1, -0.05) is 55.5 Å². The average Bonchev–Trinajstić information content (AvgIpc) is 2.96. The minimum absolute atomic E-state index is 0.176. The van der Waals surface area contributed by atoms with Crippen molar-refractivity contribution in [1.82, 2.24) is 9.97 Å². The molecule has 6 heteroatoms. The molecule has 0 radical (unpaired) electrons. The van der Waals surface area contributed by atoms with Gasteiger partial charge in [0.05, 0.1) is 11.4 Å². The molecule has 2 heterocycles. The maximum atomic E-state index is 12.5. The van der Waals surface area contributed by atoms with E-state index in [1.165, 1.54) is 0 Å². The molecule has 0 aliphatic carbocycles. The van der Waals surface area contributed by atoms with Crippen molar-refractivity contribution in [3.8, 4) is 22.9 Å². The Morgan fingerprint density at radius 1 is 0.682 bits per heavy atom. The van der Waals surface area contributed by atoms with Crippen LogP contribution < -0.4 is 10.2 Å². The molecule has 0 aliphatic heterocycles. The van der Waals surface area contributed by atoms with Gasteiger partial charge in [0.15, 0.2) is 0 Å². The molecule has 0 saturated carbocycles. The summed E-state index contributed by atoms with van der Waals surface area (Å²) in [6, 6.07) is 10.7. The summed E-state index contributed by atoms with van der Waals surface area (Å²) in [6.45, 7) is 0. The van der Waals surface area contributed by atoms with Crippen LogP contribution in [0.25, 0.3) is 33.2 Å². The quantitative estimate of drug-likeness (QED) is 0.489. The number of benzene rings is 2. The number of fused-ring (bicyclic) bond motifs is 2. The second-order valence-corrected chi connectivity index (χ2v) is 6.87. The fraction of sp³-hybridized carbons (Fsp3) is 0. The lowest BCUT2D eigenvalue weighted by Crippen LogP contribution is -1.95. The van der Waals surface area contributed by atoms with Crippen molar-refractivity contribution in [2.75, 3.05) is 0 Å².